The number of fused-ring (bicyclic) bond motifs is 1. The summed E-state index contributed by atoms with van der Waals surface area (Å²) in [7, 11) is 6.27. The molecule has 0 fully saturated rings. The minimum absolute atomic E-state index is 0.217. The van der Waals surface area contributed by atoms with Crippen molar-refractivity contribution < 1.29 is 23.7 Å². The van der Waals surface area contributed by atoms with Crippen molar-refractivity contribution in [2.75, 3.05) is 28.4 Å². The first-order chi connectivity index (χ1) is 14.4. The summed E-state index contributed by atoms with van der Waals surface area (Å²) < 4.78 is 21.5. The molecule has 0 saturated heterocycles. The molecular weight excluding hydrogens is 384 g/mol. The van der Waals surface area contributed by atoms with Crippen molar-refractivity contribution in [1.82, 2.24) is 10.3 Å². The lowest BCUT2D eigenvalue weighted by molar-refractivity contribution is 0.0939. The van der Waals surface area contributed by atoms with E-state index in [0.29, 0.717) is 34.3 Å². The molecule has 1 N–H and O–H groups in total. The molecule has 0 aliphatic heterocycles. The van der Waals surface area contributed by atoms with Crippen molar-refractivity contribution >= 4 is 16.8 Å². The van der Waals surface area contributed by atoms with Crippen LogP contribution in [0.4, 0.5) is 0 Å². The van der Waals surface area contributed by atoms with Gasteiger partial charge in [0.2, 0.25) is 5.75 Å². The molecule has 0 aliphatic rings. The predicted molar refractivity (Wildman–Crippen MR) is 115 cm³/mol. The van der Waals surface area contributed by atoms with Crippen molar-refractivity contribution in [2.24, 2.45) is 0 Å². The second kappa shape index (κ2) is 8.90. The normalized spacial score (nSPS) is 11.7. The van der Waals surface area contributed by atoms with Crippen molar-refractivity contribution in [3.63, 3.8) is 0 Å². The van der Waals surface area contributed by atoms with Gasteiger partial charge in [-0.1, -0.05) is 0 Å². The van der Waals surface area contributed by atoms with E-state index >= 15 is 0 Å². The molecule has 0 spiro atoms. The molecule has 2 aromatic carbocycles. The summed E-state index contributed by atoms with van der Waals surface area (Å²) in [5.41, 5.74) is 2.80. The topological polar surface area (TPSA) is 78.9 Å². The number of amides is 1. The molecule has 7 nitrogen and oxygen atoms in total. The van der Waals surface area contributed by atoms with Crippen LogP contribution in [0.15, 0.2) is 36.4 Å². The first-order valence-electron chi connectivity index (χ1n) is 9.48. The molecule has 0 radical (unpaired) electrons. The maximum atomic E-state index is 13.0. The SMILES string of the molecule is COc1ccc2nc(C)c(C(=O)NC(C)c3cc(OC)c(OC)c(OC)c3)cc2c1. The molecule has 1 amide bonds. The van der Waals surface area contributed by atoms with Crippen molar-refractivity contribution in [2.45, 2.75) is 19.9 Å². The highest BCUT2D eigenvalue weighted by Crippen LogP contribution is 2.39. The fourth-order valence-electron chi connectivity index (χ4n) is 3.32. The number of pyridine rings is 1. The fraction of sp³-hybridized carbons (Fsp3) is 0.304. The minimum Gasteiger partial charge on any atom is -0.497 e. The molecule has 1 atom stereocenters. The van der Waals surface area contributed by atoms with E-state index in [-0.39, 0.29) is 11.9 Å². The third-order valence-electron chi connectivity index (χ3n) is 4.99. The Morgan fingerprint density at radius 3 is 2.17 bits per heavy atom. The van der Waals surface area contributed by atoms with Crippen molar-refractivity contribution in [3.05, 3.63) is 53.2 Å². The Morgan fingerprint density at radius 2 is 1.60 bits per heavy atom. The van der Waals surface area contributed by atoms with Crippen LogP contribution in [-0.4, -0.2) is 39.3 Å². The number of ether oxygens (including phenoxy) is 4. The molecule has 1 aromatic heterocycles. The lowest BCUT2D eigenvalue weighted by atomic mass is 10.0. The minimum atomic E-state index is -0.299. The zero-order chi connectivity index (χ0) is 21.8. The van der Waals surface area contributed by atoms with E-state index in [2.05, 4.69) is 10.3 Å². The van der Waals surface area contributed by atoms with Gasteiger partial charge in [-0.2, -0.15) is 0 Å². The van der Waals surface area contributed by atoms with Gasteiger partial charge in [-0.25, -0.2) is 0 Å². The van der Waals surface area contributed by atoms with Crippen molar-refractivity contribution in [1.29, 1.82) is 0 Å². The Kier molecular flexibility index (Phi) is 6.30. The van der Waals surface area contributed by atoms with Gasteiger partial charge in [0.05, 0.1) is 51.3 Å². The Hall–Kier alpha value is -3.48. The van der Waals surface area contributed by atoms with Crippen LogP contribution in [0.2, 0.25) is 0 Å². The van der Waals surface area contributed by atoms with E-state index in [9.17, 15) is 4.79 Å². The van der Waals surface area contributed by atoms with Gasteiger partial charge in [-0.15, -0.1) is 0 Å². The van der Waals surface area contributed by atoms with Crippen LogP contribution in [0, 0.1) is 6.92 Å². The molecule has 0 bridgehead atoms. The number of carbonyl (C=O) groups is 1. The second-order valence-corrected chi connectivity index (χ2v) is 6.83. The number of aryl methyl sites for hydroxylation is 1. The average Bonchev–Trinajstić information content (AvgIpc) is 2.76. The first-order valence-corrected chi connectivity index (χ1v) is 9.48. The lowest BCUT2D eigenvalue weighted by Crippen LogP contribution is -2.27. The largest absolute Gasteiger partial charge is 0.497 e. The Morgan fingerprint density at radius 1 is 0.933 bits per heavy atom. The number of carbonyl (C=O) groups excluding carboxylic acids is 1. The number of benzene rings is 2. The maximum absolute atomic E-state index is 13.0. The first kappa shape index (κ1) is 21.2. The van der Waals surface area contributed by atoms with Crippen molar-refractivity contribution in [3.8, 4) is 23.0 Å². The zero-order valence-electron chi connectivity index (χ0n) is 18.0. The molecule has 158 valence electrons. The molecule has 30 heavy (non-hydrogen) atoms. The highest BCUT2D eigenvalue weighted by molar-refractivity contribution is 5.99. The number of nitrogens with zero attached hydrogens (tertiary/aromatic N) is 1. The summed E-state index contributed by atoms with van der Waals surface area (Å²) in [4.78, 5) is 17.6. The Labute approximate surface area is 175 Å². The molecule has 0 aliphatic carbocycles. The van der Waals surface area contributed by atoms with E-state index in [1.54, 1.807) is 28.4 Å². The average molecular weight is 410 g/mol. The quantitative estimate of drug-likeness (QED) is 0.633. The maximum Gasteiger partial charge on any atom is 0.253 e. The van der Waals surface area contributed by atoms with Crippen LogP contribution in [0.25, 0.3) is 10.9 Å². The van der Waals surface area contributed by atoms with Crippen LogP contribution < -0.4 is 24.3 Å². The highest BCUT2D eigenvalue weighted by Gasteiger charge is 2.19. The monoisotopic (exact) mass is 410 g/mol. The van der Waals surface area contributed by atoms with Gasteiger partial charge in [-0.3, -0.25) is 9.78 Å². The summed E-state index contributed by atoms with van der Waals surface area (Å²) in [6.07, 6.45) is 0. The number of nitrogens with one attached hydrogen (secondary N) is 1. The van der Waals surface area contributed by atoms with Gasteiger partial charge < -0.3 is 24.3 Å². The van der Waals surface area contributed by atoms with E-state index in [0.717, 1.165) is 16.5 Å². The van der Waals surface area contributed by atoms with E-state index in [4.69, 9.17) is 18.9 Å². The Bertz CT molecular complexity index is 1060. The number of methoxy groups -OCH3 is 4. The summed E-state index contributed by atoms with van der Waals surface area (Å²) in [6.45, 7) is 3.72. The summed E-state index contributed by atoms with van der Waals surface area (Å²) in [5, 5.41) is 3.86. The van der Waals surface area contributed by atoms with Gasteiger partial charge in [0.15, 0.2) is 11.5 Å². The number of rotatable bonds is 7. The molecule has 3 aromatic rings. The van der Waals surface area contributed by atoms with Crippen LogP contribution in [-0.2, 0) is 0 Å². The smallest absolute Gasteiger partial charge is 0.253 e. The van der Waals surface area contributed by atoms with Crippen LogP contribution in [0.3, 0.4) is 0 Å². The van der Waals surface area contributed by atoms with Gasteiger partial charge in [0.1, 0.15) is 5.75 Å². The van der Waals surface area contributed by atoms with E-state index < -0.39 is 0 Å². The Balaban J connectivity index is 1.91. The van der Waals surface area contributed by atoms with Gasteiger partial charge in [-0.05, 0) is 55.8 Å². The molecule has 0 saturated carbocycles. The summed E-state index contributed by atoms with van der Waals surface area (Å²) in [6, 6.07) is 10.8. The molecular formula is C23H26N2O5. The standard InChI is InChI=1S/C23H26N2O5/c1-13(15-11-20(28-4)22(30-6)21(12-15)29-5)25-23(26)18-10-16-9-17(27-3)7-8-19(16)24-14(18)2/h7-13H,1-6H3,(H,25,26). The van der Waals surface area contributed by atoms with E-state index in [1.165, 1.54) is 0 Å². The van der Waals surface area contributed by atoms with Gasteiger partial charge >= 0.3 is 0 Å². The second-order valence-electron chi connectivity index (χ2n) is 6.83. The third-order valence-corrected chi connectivity index (χ3v) is 4.99. The predicted octanol–water partition coefficient (Wildman–Crippen LogP) is 4.07. The zero-order valence-corrected chi connectivity index (χ0v) is 18.0. The third kappa shape index (κ3) is 4.10. The number of hydrogen-bond donors (Lipinski definition) is 1. The fourth-order valence-corrected chi connectivity index (χ4v) is 3.32. The molecule has 7 heteroatoms. The lowest BCUT2D eigenvalue weighted by Gasteiger charge is -2.19. The number of aromatic nitrogens is 1. The van der Waals surface area contributed by atoms with Crippen LogP contribution >= 0.6 is 0 Å². The highest BCUT2D eigenvalue weighted by atomic mass is 16.5. The number of hydrogen-bond acceptors (Lipinski definition) is 6. The molecule has 3 rings (SSSR count). The van der Waals surface area contributed by atoms with E-state index in [1.807, 2.05) is 50.2 Å². The summed E-state index contributed by atoms with van der Waals surface area (Å²) in [5.74, 6) is 2.06. The van der Waals surface area contributed by atoms with Crippen LogP contribution in [0.5, 0.6) is 23.0 Å². The summed E-state index contributed by atoms with van der Waals surface area (Å²) >= 11 is 0. The van der Waals surface area contributed by atoms with Crippen LogP contribution in [0.1, 0.15) is 34.6 Å². The van der Waals surface area contributed by atoms with Gasteiger partial charge in [0.25, 0.3) is 5.91 Å². The van der Waals surface area contributed by atoms with Gasteiger partial charge in [0, 0.05) is 5.39 Å². The molecule has 1 heterocycles. The molecule has 1 unspecified atom stereocenters.